The van der Waals surface area contributed by atoms with Gasteiger partial charge in [-0.1, -0.05) is 24.3 Å². The van der Waals surface area contributed by atoms with E-state index in [0.29, 0.717) is 12.2 Å². The van der Waals surface area contributed by atoms with Crippen LogP contribution in [-0.2, 0) is 6.54 Å². The Morgan fingerprint density at radius 3 is 2.28 bits per heavy atom. The molecule has 5 heteroatoms. The molecule has 2 N–H and O–H groups in total. The van der Waals surface area contributed by atoms with Gasteiger partial charge in [0, 0.05) is 12.1 Å². The van der Waals surface area contributed by atoms with Gasteiger partial charge < -0.3 is 5.73 Å². The van der Waals surface area contributed by atoms with E-state index in [4.69, 9.17) is 16.3 Å². The number of aromatic nitrogens is 2. The molecule has 0 spiro atoms. The van der Waals surface area contributed by atoms with Crippen LogP contribution in [0.4, 0.5) is 0 Å². The van der Waals surface area contributed by atoms with Gasteiger partial charge in [-0.25, -0.2) is 9.97 Å². The van der Waals surface area contributed by atoms with E-state index in [1.807, 2.05) is 36.4 Å². The zero-order valence-electron chi connectivity index (χ0n) is 9.46. The monoisotopic (exact) mass is 235 g/mol. The van der Waals surface area contributed by atoms with E-state index in [0.717, 1.165) is 11.1 Å². The summed E-state index contributed by atoms with van der Waals surface area (Å²) in [4.78, 5) is 8.03. The smallest absolute Gasteiger partial charge is 0.177 e. The summed E-state index contributed by atoms with van der Waals surface area (Å²) in [5.41, 5.74) is 8.01. The minimum Gasteiger partial charge on any atom is -0.326 e. The van der Waals surface area contributed by atoms with Crippen LogP contribution in [0.1, 0.15) is 17.0 Å². The molecule has 0 aliphatic carbocycles. The van der Waals surface area contributed by atoms with Crippen LogP contribution in [0.3, 0.4) is 0 Å². The maximum absolute atomic E-state index is 8.88. The maximum atomic E-state index is 8.88. The molecule has 0 fully saturated rings. The number of rotatable bonds is 2. The van der Waals surface area contributed by atoms with Crippen molar-refractivity contribution in [2.45, 2.75) is 6.54 Å². The first-order valence-corrected chi connectivity index (χ1v) is 5.25. The molecule has 1 heterocycles. The number of nitrogens with two attached hydrogens (primary N) is 1. The summed E-state index contributed by atoms with van der Waals surface area (Å²) in [7, 11) is 0. The number of nitrogens with zero attached hydrogens (tertiary/aromatic N) is 4. The Kier molecular flexibility index (Phi) is 3.29. The molecule has 0 bridgehead atoms. The van der Waals surface area contributed by atoms with Crippen LogP contribution in [0.25, 0.3) is 11.3 Å². The largest absolute Gasteiger partial charge is 0.326 e. The Hall–Kier alpha value is -2.76. The fraction of sp³-hybridized carbons (Fsp3) is 0.0769. The molecule has 0 atom stereocenters. The van der Waals surface area contributed by atoms with Gasteiger partial charge in [0.25, 0.3) is 0 Å². The highest BCUT2D eigenvalue weighted by atomic mass is 14.8. The van der Waals surface area contributed by atoms with Crippen molar-refractivity contribution < 1.29 is 0 Å². The molecule has 0 radical (unpaired) electrons. The highest BCUT2D eigenvalue weighted by Gasteiger charge is 2.07. The van der Waals surface area contributed by atoms with Gasteiger partial charge in [0.15, 0.2) is 11.4 Å². The summed E-state index contributed by atoms with van der Waals surface area (Å²) < 4.78 is 0. The van der Waals surface area contributed by atoms with Crippen LogP contribution < -0.4 is 5.73 Å². The summed E-state index contributed by atoms with van der Waals surface area (Å²) in [5.74, 6) is 0. The molecule has 18 heavy (non-hydrogen) atoms. The van der Waals surface area contributed by atoms with Crippen molar-refractivity contribution in [2.75, 3.05) is 0 Å². The molecule has 0 aliphatic heterocycles. The third kappa shape index (κ3) is 2.17. The van der Waals surface area contributed by atoms with Crippen LogP contribution in [-0.4, -0.2) is 9.97 Å². The first-order valence-electron chi connectivity index (χ1n) is 5.25. The molecule has 0 amide bonds. The lowest BCUT2D eigenvalue weighted by atomic mass is 10.1. The van der Waals surface area contributed by atoms with E-state index in [1.165, 1.54) is 6.20 Å². The molecule has 1 aromatic carbocycles. The highest BCUT2D eigenvalue weighted by Crippen LogP contribution is 2.17. The molecule has 2 rings (SSSR count). The Balaban J connectivity index is 2.45. The van der Waals surface area contributed by atoms with E-state index >= 15 is 0 Å². The molecular formula is C13H9N5. The second kappa shape index (κ2) is 5.05. The van der Waals surface area contributed by atoms with Crippen molar-refractivity contribution in [1.29, 1.82) is 10.5 Å². The second-order valence-corrected chi connectivity index (χ2v) is 3.58. The van der Waals surface area contributed by atoms with Gasteiger partial charge in [-0.2, -0.15) is 10.5 Å². The molecule has 0 saturated heterocycles. The Morgan fingerprint density at radius 1 is 1.06 bits per heavy atom. The van der Waals surface area contributed by atoms with E-state index in [2.05, 4.69) is 9.97 Å². The summed E-state index contributed by atoms with van der Waals surface area (Å²) in [6.07, 6.45) is 1.48. The van der Waals surface area contributed by atoms with Crippen LogP contribution in [0.2, 0.25) is 0 Å². The highest BCUT2D eigenvalue weighted by molar-refractivity contribution is 5.59. The van der Waals surface area contributed by atoms with E-state index in [9.17, 15) is 0 Å². The van der Waals surface area contributed by atoms with Gasteiger partial charge in [0.05, 0.1) is 11.9 Å². The predicted octanol–water partition coefficient (Wildman–Crippen LogP) is 1.35. The summed E-state index contributed by atoms with van der Waals surface area (Å²) in [5, 5.41) is 17.6. The van der Waals surface area contributed by atoms with Gasteiger partial charge in [-0.3, -0.25) is 0 Å². The maximum Gasteiger partial charge on any atom is 0.177 e. The zero-order chi connectivity index (χ0) is 13.0. The van der Waals surface area contributed by atoms with Crippen molar-refractivity contribution in [3.63, 3.8) is 0 Å². The molecule has 0 aliphatic rings. The number of nitriles is 2. The van der Waals surface area contributed by atoms with E-state index in [1.54, 1.807) is 0 Å². The van der Waals surface area contributed by atoms with Gasteiger partial charge in [-0.15, -0.1) is 0 Å². The first kappa shape index (κ1) is 11.7. The van der Waals surface area contributed by atoms with Crippen molar-refractivity contribution >= 4 is 0 Å². The summed E-state index contributed by atoms with van der Waals surface area (Å²) >= 11 is 0. The summed E-state index contributed by atoms with van der Waals surface area (Å²) in [6, 6.07) is 11.2. The number of hydrogen-bond acceptors (Lipinski definition) is 5. The molecule has 2 aromatic rings. The third-order valence-electron chi connectivity index (χ3n) is 2.47. The Bertz CT molecular complexity index is 647. The molecule has 0 saturated carbocycles. The normalized spacial score (nSPS) is 9.50. The van der Waals surface area contributed by atoms with Crippen LogP contribution in [0, 0.1) is 22.7 Å². The Labute approximate surface area is 104 Å². The fourth-order valence-electron chi connectivity index (χ4n) is 1.50. The fourth-order valence-corrected chi connectivity index (χ4v) is 1.50. The van der Waals surface area contributed by atoms with Gasteiger partial charge in [0.1, 0.15) is 12.1 Å². The second-order valence-electron chi connectivity index (χ2n) is 3.58. The van der Waals surface area contributed by atoms with E-state index in [-0.39, 0.29) is 11.4 Å². The molecule has 0 unspecified atom stereocenters. The van der Waals surface area contributed by atoms with Gasteiger partial charge in [0.2, 0.25) is 0 Å². The van der Waals surface area contributed by atoms with Crippen LogP contribution in [0.5, 0.6) is 0 Å². The first-order chi connectivity index (χ1) is 8.78. The van der Waals surface area contributed by atoms with Gasteiger partial charge >= 0.3 is 0 Å². The average molecular weight is 235 g/mol. The van der Waals surface area contributed by atoms with Gasteiger partial charge in [-0.05, 0) is 5.56 Å². The molecular weight excluding hydrogens is 226 g/mol. The standard InChI is InChI=1S/C13H9N5/c14-5-9-1-3-10(4-2-9)13-8-17-11(6-15)12(7-16)18-13/h1-4,8H,5,14H2. The average Bonchev–Trinajstić information content (AvgIpc) is 2.46. The van der Waals surface area contributed by atoms with Crippen LogP contribution in [0.15, 0.2) is 30.5 Å². The molecule has 5 nitrogen and oxygen atoms in total. The predicted molar refractivity (Wildman–Crippen MR) is 64.8 cm³/mol. The minimum absolute atomic E-state index is 0.0397. The molecule has 86 valence electrons. The Morgan fingerprint density at radius 2 is 1.72 bits per heavy atom. The van der Waals surface area contributed by atoms with Crippen LogP contribution >= 0.6 is 0 Å². The summed E-state index contributed by atoms with van der Waals surface area (Å²) in [6.45, 7) is 0.475. The SMILES string of the molecule is N#Cc1ncc(-c2ccc(CN)cc2)nc1C#N. The lowest BCUT2D eigenvalue weighted by Crippen LogP contribution is -1.97. The van der Waals surface area contributed by atoms with Crippen molar-refractivity contribution in [3.8, 4) is 23.4 Å². The third-order valence-corrected chi connectivity index (χ3v) is 2.47. The lowest BCUT2D eigenvalue weighted by molar-refractivity contribution is 1.07. The van der Waals surface area contributed by atoms with Crippen molar-refractivity contribution in [3.05, 3.63) is 47.4 Å². The zero-order valence-corrected chi connectivity index (χ0v) is 9.46. The lowest BCUT2D eigenvalue weighted by Gasteiger charge is -2.02. The van der Waals surface area contributed by atoms with Crippen molar-refractivity contribution in [2.24, 2.45) is 5.73 Å². The quantitative estimate of drug-likeness (QED) is 0.846. The minimum atomic E-state index is 0.0397. The van der Waals surface area contributed by atoms with Crippen molar-refractivity contribution in [1.82, 2.24) is 9.97 Å². The number of hydrogen-bond donors (Lipinski definition) is 1. The number of benzene rings is 1. The van der Waals surface area contributed by atoms with E-state index < -0.39 is 0 Å². The molecule has 1 aromatic heterocycles. The topological polar surface area (TPSA) is 99.4 Å².